The van der Waals surface area contributed by atoms with Crippen molar-refractivity contribution >= 4 is 0 Å². The maximum Gasteiger partial charge on any atom is 0.160 e. The van der Waals surface area contributed by atoms with Gasteiger partial charge in [0, 0.05) is 27.8 Å². The number of phenolic OH excluding ortho intramolecular Hbond substituents is 3. The van der Waals surface area contributed by atoms with Crippen LogP contribution in [-0.2, 0) is 21.7 Å². The van der Waals surface area contributed by atoms with Crippen LogP contribution in [0.3, 0.4) is 0 Å². The van der Waals surface area contributed by atoms with E-state index in [4.69, 9.17) is 34.6 Å². The van der Waals surface area contributed by atoms with Crippen molar-refractivity contribution in [3.05, 3.63) is 72.8 Å². The van der Waals surface area contributed by atoms with Crippen LogP contribution in [0.5, 0.6) is 34.5 Å². The standard InChI is InChI=1S/3C7H8O2.C3H8O.Ti/c3*1-9-7-5-3-2-4-6(7)8;1-3(2)4;/h3*2-5,8H,1H3;3-4H,1-2H3;. The van der Waals surface area contributed by atoms with Crippen molar-refractivity contribution < 1.29 is 56.4 Å². The minimum absolute atomic E-state index is 0. The molecule has 0 unspecified atom stereocenters. The number of aromatic hydroxyl groups is 3. The van der Waals surface area contributed by atoms with Gasteiger partial charge in [0.1, 0.15) is 0 Å². The molecule has 0 heterocycles. The number of benzene rings is 3. The van der Waals surface area contributed by atoms with E-state index in [2.05, 4.69) is 0 Å². The van der Waals surface area contributed by atoms with Gasteiger partial charge in [-0.15, -0.1) is 0 Å². The van der Waals surface area contributed by atoms with Crippen molar-refractivity contribution in [2.24, 2.45) is 0 Å². The summed E-state index contributed by atoms with van der Waals surface area (Å²) < 4.78 is 14.4. The van der Waals surface area contributed by atoms with Crippen LogP contribution in [0, 0.1) is 0 Å². The molecule has 0 aliphatic carbocycles. The SMILES string of the molecule is CC(C)O.COc1ccccc1O.COc1ccccc1O.COc1ccccc1O.[Ti]. The van der Waals surface area contributed by atoms with Crippen molar-refractivity contribution in [1.82, 2.24) is 0 Å². The number of ether oxygens (including phenoxy) is 3. The van der Waals surface area contributed by atoms with Gasteiger partial charge in [0.2, 0.25) is 0 Å². The number of methoxy groups -OCH3 is 3. The first-order valence-corrected chi connectivity index (χ1v) is 9.40. The van der Waals surface area contributed by atoms with E-state index < -0.39 is 0 Å². The third-order valence-corrected chi connectivity index (χ3v) is 3.26. The van der Waals surface area contributed by atoms with E-state index in [1.165, 1.54) is 21.3 Å². The monoisotopic (exact) mass is 480 g/mol. The first-order chi connectivity index (χ1) is 14.8. The van der Waals surface area contributed by atoms with Gasteiger partial charge < -0.3 is 34.6 Å². The Morgan fingerprint density at radius 3 is 0.844 bits per heavy atom. The Balaban J connectivity index is 0. The predicted octanol–water partition coefficient (Wildman–Crippen LogP) is 4.59. The molecule has 32 heavy (non-hydrogen) atoms. The molecule has 0 saturated heterocycles. The first-order valence-electron chi connectivity index (χ1n) is 9.40. The minimum atomic E-state index is -0.167. The second kappa shape index (κ2) is 18.9. The Morgan fingerprint density at radius 2 is 0.719 bits per heavy atom. The maximum absolute atomic E-state index is 8.99. The normalized spacial score (nSPS) is 8.72. The molecule has 3 rings (SSSR count). The Kier molecular flexibility index (Phi) is 18.5. The molecule has 0 radical (unpaired) electrons. The molecule has 0 aliphatic rings. The third-order valence-electron chi connectivity index (χ3n) is 3.26. The van der Waals surface area contributed by atoms with E-state index in [1.54, 1.807) is 86.6 Å². The van der Waals surface area contributed by atoms with Crippen LogP contribution in [0.2, 0.25) is 0 Å². The number of phenols is 3. The molecule has 0 atom stereocenters. The first kappa shape index (κ1) is 31.3. The number of aliphatic hydroxyl groups excluding tert-OH is 1. The van der Waals surface area contributed by atoms with Crippen molar-refractivity contribution in [1.29, 1.82) is 0 Å². The number of hydrogen-bond acceptors (Lipinski definition) is 7. The summed E-state index contributed by atoms with van der Waals surface area (Å²) in [5, 5.41) is 35.0. The zero-order valence-corrected chi connectivity index (χ0v) is 20.6. The number of para-hydroxylation sites is 6. The summed E-state index contributed by atoms with van der Waals surface area (Å²) in [6.45, 7) is 3.44. The fraction of sp³-hybridized carbons (Fsp3) is 0.250. The van der Waals surface area contributed by atoms with Crippen LogP contribution in [0.1, 0.15) is 13.8 Å². The molecule has 0 fully saturated rings. The Morgan fingerprint density at radius 1 is 0.531 bits per heavy atom. The molecule has 3 aromatic carbocycles. The number of rotatable bonds is 3. The van der Waals surface area contributed by atoms with E-state index in [0.29, 0.717) is 17.2 Å². The summed E-state index contributed by atoms with van der Waals surface area (Å²) in [6, 6.07) is 20.5. The van der Waals surface area contributed by atoms with Crippen LogP contribution < -0.4 is 14.2 Å². The maximum atomic E-state index is 8.99. The van der Waals surface area contributed by atoms with E-state index in [-0.39, 0.29) is 45.1 Å². The Hall–Kier alpha value is -2.87. The number of hydrogen-bond donors (Lipinski definition) is 4. The molecule has 4 N–H and O–H groups in total. The van der Waals surface area contributed by atoms with Crippen molar-refractivity contribution in [2.45, 2.75) is 20.0 Å². The molecule has 8 heteroatoms. The van der Waals surface area contributed by atoms with E-state index in [0.717, 1.165) is 0 Å². The van der Waals surface area contributed by atoms with Gasteiger partial charge >= 0.3 is 0 Å². The third kappa shape index (κ3) is 14.2. The second-order valence-electron chi connectivity index (χ2n) is 6.11. The smallest absolute Gasteiger partial charge is 0.160 e. The van der Waals surface area contributed by atoms with E-state index in [1.807, 2.05) is 0 Å². The average Bonchev–Trinajstić information content (AvgIpc) is 2.75. The average molecular weight is 480 g/mol. The summed E-state index contributed by atoms with van der Waals surface area (Å²) in [4.78, 5) is 0. The van der Waals surface area contributed by atoms with Gasteiger partial charge in [-0.1, -0.05) is 36.4 Å². The van der Waals surface area contributed by atoms with Gasteiger partial charge in [-0.05, 0) is 50.2 Å². The fourth-order valence-corrected chi connectivity index (χ4v) is 1.89. The van der Waals surface area contributed by atoms with E-state index in [9.17, 15) is 0 Å². The summed E-state index contributed by atoms with van der Waals surface area (Å²) in [7, 11) is 4.57. The molecule has 0 amide bonds. The summed E-state index contributed by atoms with van der Waals surface area (Å²) in [6.07, 6.45) is -0.167. The molecule has 7 nitrogen and oxygen atoms in total. The van der Waals surface area contributed by atoms with Gasteiger partial charge in [-0.2, -0.15) is 0 Å². The zero-order chi connectivity index (χ0) is 23.6. The topological polar surface area (TPSA) is 109 Å². The largest absolute Gasteiger partial charge is 0.504 e. The van der Waals surface area contributed by atoms with Gasteiger partial charge in [0.15, 0.2) is 34.5 Å². The van der Waals surface area contributed by atoms with E-state index >= 15 is 0 Å². The van der Waals surface area contributed by atoms with Crippen LogP contribution in [0.15, 0.2) is 72.8 Å². The molecule has 3 aromatic rings. The molecular formula is C24H32O7Ti. The van der Waals surface area contributed by atoms with Crippen LogP contribution in [0.25, 0.3) is 0 Å². The van der Waals surface area contributed by atoms with Crippen molar-refractivity contribution in [3.8, 4) is 34.5 Å². The predicted molar refractivity (Wildman–Crippen MR) is 121 cm³/mol. The molecule has 174 valence electrons. The van der Waals surface area contributed by atoms with Crippen LogP contribution in [0.4, 0.5) is 0 Å². The van der Waals surface area contributed by atoms with Gasteiger partial charge in [0.25, 0.3) is 0 Å². The number of aliphatic hydroxyl groups is 1. The van der Waals surface area contributed by atoms with Crippen LogP contribution >= 0.6 is 0 Å². The molecule has 0 aromatic heterocycles. The molecule has 0 spiro atoms. The summed E-state index contributed by atoms with van der Waals surface area (Å²) >= 11 is 0. The molecule has 0 bridgehead atoms. The van der Waals surface area contributed by atoms with Crippen LogP contribution in [-0.4, -0.2) is 47.9 Å². The van der Waals surface area contributed by atoms with Gasteiger partial charge in [-0.25, -0.2) is 0 Å². The molecule has 0 saturated carbocycles. The van der Waals surface area contributed by atoms with Crippen molar-refractivity contribution in [2.75, 3.05) is 21.3 Å². The summed E-state index contributed by atoms with van der Waals surface area (Å²) in [5.74, 6) is 2.08. The quantitative estimate of drug-likeness (QED) is 0.406. The Labute approximate surface area is 204 Å². The summed E-state index contributed by atoms with van der Waals surface area (Å²) in [5.41, 5.74) is 0. The fourth-order valence-electron chi connectivity index (χ4n) is 1.89. The van der Waals surface area contributed by atoms with Gasteiger partial charge in [0.05, 0.1) is 21.3 Å². The Bertz CT molecular complexity index is 746. The van der Waals surface area contributed by atoms with Crippen molar-refractivity contribution in [3.63, 3.8) is 0 Å². The zero-order valence-electron chi connectivity index (χ0n) is 19.0. The molecular weight excluding hydrogens is 448 g/mol. The minimum Gasteiger partial charge on any atom is -0.504 e. The molecule has 0 aliphatic heterocycles. The second-order valence-corrected chi connectivity index (χ2v) is 6.11. The van der Waals surface area contributed by atoms with Gasteiger partial charge in [-0.3, -0.25) is 0 Å².